The van der Waals surface area contributed by atoms with E-state index in [2.05, 4.69) is 90.5 Å². The molecular weight excluding hydrogens is 528 g/mol. The molecule has 0 saturated carbocycles. The maximum absolute atomic E-state index is 11.9. The quantitative estimate of drug-likeness (QED) is 0.0598. The van der Waals surface area contributed by atoms with Gasteiger partial charge in [0.2, 0.25) is 11.8 Å². The van der Waals surface area contributed by atoms with Crippen molar-refractivity contribution in [2.75, 3.05) is 24.6 Å². The largest absolute Gasteiger partial charge is 0.481 e. The fraction of sp³-hybridized carbons (Fsp3) is 0.516. The molecule has 0 saturated heterocycles. The van der Waals surface area contributed by atoms with Crippen LogP contribution >= 0.6 is 21.6 Å². The van der Waals surface area contributed by atoms with E-state index < -0.39 is 5.97 Å². The number of aliphatic carboxylic acids is 1. The Bertz CT molecular complexity index is 817. The van der Waals surface area contributed by atoms with Gasteiger partial charge in [0.25, 0.3) is 0 Å². The molecule has 0 atom stereocenters. The first-order valence-electron chi connectivity index (χ1n) is 14.0. The number of carbonyl (C=O) groups excluding carboxylic acids is 2. The van der Waals surface area contributed by atoms with Crippen LogP contribution in [0.3, 0.4) is 0 Å². The minimum absolute atomic E-state index is 0.0190. The Labute approximate surface area is 244 Å². The van der Waals surface area contributed by atoms with Gasteiger partial charge in [0.1, 0.15) is 0 Å². The van der Waals surface area contributed by atoms with Crippen molar-refractivity contribution in [3.63, 3.8) is 0 Å². The minimum Gasteiger partial charge on any atom is -0.481 e. The topological polar surface area (TPSA) is 95.5 Å². The zero-order valence-electron chi connectivity index (χ0n) is 23.5. The lowest BCUT2D eigenvalue weighted by atomic mass is 10.2. The molecule has 0 spiro atoms. The van der Waals surface area contributed by atoms with Crippen molar-refractivity contribution in [2.45, 2.75) is 77.6 Å². The van der Waals surface area contributed by atoms with Crippen molar-refractivity contribution in [3.05, 3.63) is 72.9 Å². The van der Waals surface area contributed by atoms with Crippen LogP contribution in [0.2, 0.25) is 0 Å². The molecular formula is C31H48N2O4S2. The second-order valence-corrected chi connectivity index (χ2v) is 11.2. The van der Waals surface area contributed by atoms with Crippen molar-refractivity contribution < 1.29 is 19.5 Å². The van der Waals surface area contributed by atoms with E-state index in [1.807, 2.05) is 0 Å². The third-order valence-electron chi connectivity index (χ3n) is 5.03. The Balaban J connectivity index is 3.53. The van der Waals surface area contributed by atoms with Gasteiger partial charge in [-0.3, -0.25) is 14.4 Å². The first-order valence-corrected chi connectivity index (χ1v) is 16.4. The van der Waals surface area contributed by atoms with Crippen LogP contribution in [0, 0.1) is 0 Å². The minimum atomic E-state index is -0.879. The Morgan fingerprint density at radius 1 is 0.590 bits per heavy atom. The molecule has 0 aromatic rings. The van der Waals surface area contributed by atoms with Crippen LogP contribution < -0.4 is 10.6 Å². The average molecular weight is 577 g/mol. The summed E-state index contributed by atoms with van der Waals surface area (Å²) in [5.74, 6) is 0.653. The van der Waals surface area contributed by atoms with Gasteiger partial charge in [-0.2, -0.15) is 0 Å². The zero-order chi connectivity index (χ0) is 28.7. The summed E-state index contributed by atoms with van der Waals surface area (Å²) in [6.45, 7) is 3.33. The van der Waals surface area contributed by atoms with Crippen LogP contribution in [0.1, 0.15) is 77.6 Å². The summed E-state index contributed by atoms with van der Waals surface area (Å²) < 4.78 is 0. The molecule has 3 N–H and O–H groups in total. The molecule has 0 radical (unpaired) electrons. The smallest absolute Gasteiger partial charge is 0.303 e. The average Bonchev–Trinajstić information content (AvgIpc) is 2.91. The van der Waals surface area contributed by atoms with E-state index in [-0.39, 0.29) is 24.7 Å². The maximum Gasteiger partial charge on any atom is 0.303 e. The number of amides is 2. The molecule has 0 bridgehead atoms. The van der Waals surface area contributed by atoms with Crippen molar-refractivity contribution in [3.8, 4) is 0 Å². The van der Waals surface area contributed by atoms with E-state index in [0.29, 0.717) is 25.9 Å². The second-order valence-electron chi connectivity index (χ2n) is 8.55. The molecule has 0 aromatic carbocycles. The molecule has 0 aliphatic carbocycles. The zero-order valence-corrected chi connectivity index (χ0v) is 25.2. The predicted octanol–water partition coefficient (Wildman–Crippen LogP) is 7.33. The van der Waals surface area contributed by atoms with Gasteiger partial charge < -0.3 is 15.7 Å². The highest BCUT2D eigenvalue weighted by Crippen LogP contribution is 2.19. The summed E-state index contributed by atoms with van der Waals surface area (Å²) in [5.41, 5.74) is 0. The van der Waals surface area contributed by atoms with Gasteiger partial charge in [0.15, 0.2) is 0 Å². The number of nitrogens with one attached hydrogen (secondary N) is 2. The normalized spacial score (nSPS) is 12.2. The third-order valence-corrected chi connectivity index (χ3v) is 7.44. The number of hydrogen-bond acceptors (Lipinski definition) is 5. The summed E-state index contributed by atoms with van der Waals surface area (Å²) in [6.07, 6.45) is 33.8. The molecule has 0 unspecified atom stereocenters. The fourth-order valence-electron chi connectivity index (χ4n) is 3.01. The van der Waals surface area contributed by atoms with Crippen LogP contribution in [0.5, 0.6) is 0 Å². The van der Waals surface area contributed by atoms with Crippen molar-refractivity contribution in [1.82, 2.24) is 10.6 Å². The number of carbonyl (C=O) groups is 3. The molecule has 2 amide bonds. The molecule has 0 rings (SSSR count). The molecule has 6 nitrogen and oxygen atoms in total. The highest BCUT2D eigenvalue weighted by atomic mass is 33.1. The molecule has 0 fully saturated rings. The number of carboxylic acid groups (broad SMARTS) is 1. The van der Waals surface area contributed by atoms with E-state index in [9.17, 15) is 14.4 Å². The van der Waals surface area contributed by atoms with E-state index in [4.69, 9.17) is 5.11 Å². The van der Waals surface area contributed by atoms with Gasteiger partial charge in [-0.1, -0.05) is 101 Å². The van der Waals surface area contributed by atoms with Gasteiger partial charge in [-0.25, -0.2) is 0 Å². The lowest BCUT2D eigenvalue weighted by Crippen LogP contribution is -2.26. The van der Waals surface area contributed by atoms with Gasteiger partial charge in [-0.15, -0.1) is 0 Å². The number of carboxylic acids is 1. The Morgan fingerprint density at radius 2 is 1.00 bits per heavy atom. The highest BCUT2D eigenvalue weighted by Gasteiger charge is 2.03. The maximum atomic E-state index is 11.9. The summed E-state index contributed by atoms with van der Waals surface area (Å²) >= 11 is 0. The van der Waals surface area contributed by atoms with Crippen LogP contribution in [0.15, 0.2) is 72.9 Å². The highest BCUT2D eigenvalue weighted by molar-refractivity contribution is 8.76. The standard InChI is InChI=1S/C31H48N2O4S2/c1-2-3-4-5-6-7-8-9-10-11-12-13-14-15-16-17-18-19-20-22-29(34)32-25-27-38-39-28-26-33-30(35)23-21-24-31(36)37/h3-4,6-7,9-10,12-13,15-16,18-19H,2,5,8,11,14,17,20-28H2,1H3,(H,32,34)(H,33,35)(H,36,37). The molecule has 8 heteroatoms. The molecule has 0 aromatic heterocycles. The molecule has 0 heterocycles. The Hall–Kier alpha value is -2.45. The van der Waals surface area contributed by atoms with E-state index in [1.54, 1.807) is 21.6 Å². The van der Waals surface area contributed by atoms with Gasteiger partial charge in [0.05, 0.1) is 0 Å². The fourth-order valence-corrected chi connectivity index (χ4v) is 4.83. The van der Waals surface area contributed by atoms with E-state index in [1.165, 1.54) is 0 Å². The SMILES string of the molecule is CCC=CCC=CCC=CCC=CCC=CCC=CCCC(=O)NCCSSCCNC(=O)CCCC(=O)O. The van der Waals surface area contributed by atoms with Crippen LogP contribution in [-0.2, 0) is 14.4 Å². The van der Waals surface area contributed by atoms with Gasteiger partial charge in [0, 0.05) is 43.9 Å². The van der Waals surface area contributed by atoms with E-state index in [0.717, 1.165) is 56.5 Å². The summed E-state index contributed by atoms with van der Waals surface area (Å²) in [7, 11) is 3.30. The lowest BCUT2D eigenvalue weighted by Gasteiger charge is -2.05. The Morgan fingerprint density at radius 3 is 1.44 bits per heavy atom. The summed E-state index contributed by atoms with van der Waals surface area (Å²) in [5, 5.41) is 14.3. The molecule has 218 valence electrons. The number of rotatable bonds is 25. The predicted molar refractivity (Wildman–Crippen MR) is 170 cm³/mol. The molecule has 39 heavy (non-hydrogen) atoms. The second kappa shape index (κ2) is 30.1. The Kier molecular flexibility index (Phi) is 28.2. The van der Waals surface area contributed by atoms with Crippen molar-refractivity contribution in [2.24, 2.45) is 0 Å². The molecule has 0 aliphatic rings. The van der Waals surface area contributed by atoms with Crippen LogP contribution in [0.25, 0.3) is 0 Å². The van der Waals surface area contributed by atoms with Gasteiger partial charge in [-0.05, 0) is 51.4 Å². The monoisotopic (exact) mass is 576 g/mol. The van der Waals surface area contributed by atoms with Gasteiger partial charge >= 0.3 is 5.97 Å². The summed E-state index contributed by atoms with van der Waals surface area (Å²) in [4.78, 5) is 33.8. The summed E-state index contributed by atoms with van der Waals surface area (Å²) in [6, 6.07) is 0. The lowest BCUT2D eigenvalue weighted by molar-refractivity contribution is -0.137. The van der Waals surface area contributed by atoms with E-state index >= 15 is 0 Å². The number of hydrogen-bond donors (Lipinski definition) is 3. The van der Waals surface area contributed by atoms with Crippen LogP contribution in [0.4, 0.5) is 0 Å². The molecule has 0 aliphatic heterocycles. The third kappa shape index (κ3) is 31.7. The first kappa shape index (κ1) is 36.5. The number of allylic oxidation sites excluding steroid dienone is 12. The van der Waals surface area contributed by atoms with Crippen molar-refractivity contribution in [1.29, 1.82) is 0 Å². The van der Waals surface area contributed by atoms with Crippen molar-refractivity contribution >= 4 is 39.4 Å². The van der Waals surface area contributed by atoms with Crippen LogP contribution in [-0.4, -0.2) is 47.5 Å². The first-order chi connectivity index (χ1) is 19.1.